The molecule has 1 aromatic heterocycles. The van der Waals surface area contributed by atoms with Crippen LogP contribution in [0, 0.1) is 5.41 Å². The summed E-state index contributed by atoms with van der Waals surface area (Å²) in [7, 11) is 0. The maximum absolute atomic E-state index is 13.2. The van der Waals surface area contributed by atoms with Gasteiger partial charge in [-0.15, -0.1) is 0 Å². The summed E-state index contributed by atoms with van der Waals surface area (Å²) in [5, 5.41) is 0. The molecule has 0 radical (unpaired) electrons. The van der Waals surface area contributed by atoms with Gasteiger partial charge >= 0.3 is 0 Å². The van der Waals surface area contributed by atoms with Crippen molar-refractivity contribution >= 4 is 0 Å². The first kappa shape index (κ1) is 13.9. The number of hydrogen-bond donors (Lipinski definition) is 0. The highest BCUT2D eigenvalue weighted by Gasteiger charge is 2.38. The maximum atomic E-state index is 13.2. The number of likely N-dealkylation sites (tertiary alicyclic amines) is 1. The lowest BCUT2D eigenvalue weighted by molar-refractivity contribution is 0.0113. The smallest absolute Gasteiger partial charge is 0.261 e. The Morgan fingerprint density at radius 2 is 2.10 bits per heavy atom. The zero-order valence-corrected chi connectivity index (χ0v) is 12.1. The molecule has 1 fully saturated rings. The van der Waals surface area contributed by atoms with Crippen molar-refractivity contribution in [3.63, 3.8) is 0 Å². The molecule has 1 aliphatic heterocycles. The van der Waals surface area contributed by atoms with E-state index in [1.807, 2.05) is 6.20 Å². The van der Waals surface area contributed by atoms with E-state index in [1.54, 1.807) is 4.90 Å². The predicted octanol–water partition coefficient (Wildman–Crippen LogP) is 2.83. The minimum atomic E-state index is -2.54. The van der Waals surface area contributed by atoms with Crippen LogP contribution in [0.15, 0.2) is 6.20 Å². The molecule has 0 saturated carbocycles. The number of aromatic nitrogens is 2. The van der Waals surface area contributed by atoms with Gasteiger partial charge in [0.25, 0.3) is 5.92 Å². The van der Waals surface area contributed by atoms with E-state index >= 15 is 0 Å². The third-order valence-electron chi connectivity index (χ3n) is 4.33. The zero-order chi connectivity index (χ0) is 14.4. The Morgan fingerprint density at radius 1 is 1.30 bits per heavy atom. The quantitative estimate of drug-likeness (QED) is 0.834. The third kappa shape index (κ3) is 2.97. The van der Waals surface area contributed by atoms with Crippen LogP contribution >= 0.6 is 0 Å². The zero-order valence-electron chi connectivity index (χ0n) is 12.1. The van der Waals surface area contributed by atoms with Crippen LogP contribution in [0.2, 0.25) is 0 Å². The number of rotatable bonds is 2. The van der Waals surface area contributed by atoms with Gasteiger partial charge < -0.3 is 0 Å². The minimum absolute atomic E-state index is 0.0495. The lowest BCUT2D eigenvalue weighted by atomic mass is 9.76. The van der Waals surface area contributed by atoms with E-state index in [-0.39, 0.29) is 13.0 Å². The van der Waals surface area contributed by atoms with Crippen molar-refractivity contribution in [1.29, 1.82) is 0 Å². The van der Waals surface area contributed by atoms with E-state index in [4.69, 9.17) is 0 Å². The molecule has 0 bridgehead atoms. The number of alkyl halides is 2. The van der Waals surface area contributed by atoms with E-state index < -0.39 is 5.92 Å². The van der Waals surface area contributed by atoms with Crippen LogP contribution in [-0.4, -0.2) is 33.9 Å². The van der Waals surface area contributed by atoms with E-state index in [1.165, 1.54) is 5.56 Å². The maximum Gasteiger partial charge on any atom is 0.261 e. The summed E-state index contributed by atoms with van der Waals surface area (Å²) in [6.07, 6.45) is 4.94. The standard InChI is InChI=1S/C15H21F2N3/c1-14(2)4-3-12-11(7-14)8-18-13(19-12)9-20-6-5-15(16,17)10-20/h8H,3-7,9-10H2,1-2H3. The summed E-state index contributed by atoms with van der Waals surface area (Å²) in [6, 6.07) is 0. The molecule has 1 aromatic rings. The van der Waals surface area contributed by atoms with Crippen molar-refractivity contribution in [3.05, 3.63) is 23.3 Å². The minimum Gasteiger partial charge on any atom is -0.290 e. The lowest BCUT2D eigenvalue weighted by Crippen LogP contribution is -2.27. The van der Waals surface area contributed by atoms with Crippen molar-refractivity contribution in [2.75, 3.05) is 13.1 Å². The first-order valence-corrected chi connectivity index (χ1v) is 7.27. The van der Waals surface area contributed by atoms with Crippen LogP contribution in [0.25, 0.3) is 0 Å². The van der Waals surface area contributed by atoms with Crippen LogP contribution < -0.4 is 0 Å². The van der Waals surface area contributed by atoms with E-state index in [0.717, 1.165) is 25.0 Å². The van der Waals surface area contributed by atoms with Crippen molar-refractivity contribution < 1.29 is 8.78 Å². The Labute approximate surface area is 118 Å². The van der Waals surface area contributed by atoms with Gasteiger partial charge in [0.2, 0.25) is 0 Å². The second kappa shape index (κ2) is 4.72. The largest absolute Gasteiger partial charge is 0.290 e. The summed E-state index contributed by atoms with van der Waals surface area (Å²) in [6.45, 7) is 5.22. The van der Waals surface area contributed by atoms with Gasteiger partial charge in [-0.25, -0.2) is 18.7 Å². The van der Waals surface area contributed by atoms with Gasteiger partial charge in [-0.2, -0.15) is 0 Å². The summed E-state index contributed by atoms with van der Waals surface area (Å²) >= 11 is 0. The van der Waals surface area contributed by atoms with Gasteiger partial charge in [-0.05, 0) is 30.2 Å². The number of fused-ring (bicyclic) bond motifs is 1. The fourth-order valence-electron chi connectivity index (χ4n) is 3.13. The monoisotopic (exact) mass is 281 g/mol. The molecule has 0 amide bonds. The summed E-state index contributed by atoms with van der Waals surface area (Å²) in [5.41, 5.74) is 2.64. The van der Waals surface area contributed by atoms with Gasteiger partial charge in [-0.3, -0.25) is 4.90 Å². The molecule has 110 valence electrons. The van der Waals surface area contributed by atoms with Crippen molar-refractivity contribution in [2.24, 2.45) is 5.41 Å². The Bertz CT molecular complexity index is 514. The number of aryl methyl sites for hydroxylation is 1. The molecular formula is C15H21F2N3. The molecule has 3 rings (SSSR count). The number of hydrogen-bond acceptors (Lipinski definition) is 3. The highest BCUT2D eigenvalue weighted by molar-refractivity contribution is 5.22. The van der Waals surface area contributed by atoms with Crippen LogP contribution in [0.3, 0.4) is 0 Å². The molecule has 5 heteroatoms. The second-order valence-corrected chi connectivity index (χ2v) is 6.92. The summed E-state index contributed by atoms with van der Waals surface area (Å²) in [5.74, 6) is -1.86. The fourth-order valence-corrected chi connectivity index (χ4v) is 3.13. The van der Waals surface area contributed by atoms with E-state index in [9.17, 15) is 8.78 Å². The average Bonchev–Trinajstić information content (AvgIpc) is 2.68. The van der Waals surface area contributed by atoms with Gasteiger partial charge in [0.15, 0.2) is 0 Å². The first-order valence-electron chi connectivity index (χ1n) is 7.27. The summed E-state index contributed by atoms with van der Waals surface area (Å²) in [4.78, 5) is 10.7. The van der Waals surface area contributed by atoms with Gasteiger partial charge in [0, 0.05) is 24.9 Å². The van der Waals surface area contributed by atoms with Crippen LogP contribution in [-0.2, 0) is 19.4 Å². The molecule has 3 nitrogen and oxygen atoms in total. The molecule has 2 heterocycles. The second-order valence-electron chi connectivity index (χ2n) is 6.92. The number of halogens is 2. The highest BCUT2D eigenvalue weighted by atomic mass is 19.3. The normalized spacial score (nSPS) is 24.6. The molecule has 20 heavy (non-hydrogen) atoms. The number of nitrogens with zero attached hydrogens (tertiary/aromatic N) is 3. The molecular weight excluding hydrogens is 260 g/mol. The predicted molar refractivity (Wildman–Crippen MR) is 72.7 cm³/mol. The SMILES string of the molecule is CC1(C)CCc2nc(CN3CCC(F)(F)C3)ncc2C1. The Kier molecular flexibility index (Phi) is 3.27. The molecule has 0 N–H and O–H groups in total. The Morgan fingerprint density at radius 3 is 2.80 bits per heavy atom. The van der Waals surface area contributed by atoms with E-state index in [2.05, 4.69) is 23.8 Å². The average molecular weight is 281 g/mol. The molecule has 0 aromatic carbocycles. The van der Waals surface area contributed by atoms with Gasteiger partial charge in [0.05, 0.1) is 13.1 Å². The van der Waals surface area contributed by atoms with Crippen LogP contribution in [0.5, 0.6) is 0 Å². The molecule has 0 spiro atoms. The van der Waals surface area contributed by atoms with Crippen LogP contribution in [0.1, 0.15) is 43.8 Å². The van der Waals surface area contributed by atoms with Crippen molar-refractivity contribution in [3.8, 4) is 0 Å². The molecule has 1 aliphatic carbocycles. The van der Waals surface area contributed by atoms with Crippen molar-refractivity contribution in [1.82, 2.24) is 14.9 Å². The first-order chi connectivity index (χ1) is 9.33. The van der Waals surface area contributed by atoms with Crippen LogP contribution in [0.4, 0.5) is 8.78 Å². The molecule has 0 atom stereocenters. The third-order valence-corrected chi connectivity index (χ3v) is 4.33. The Hall–Kier alpha value is -1.10. The van der Waals surface area contributed by atoms with Crippen molar-refractivity contribution in [2.45, 2.75) is 52.0 Å². The van der Waals surface area contributed by atoms with Gasteiger partial charge in [-0.1, -0.05) is 13.8 Å². The molecule has 0 unspecified atom stereocenters. The molecule has 1 saturated heterocycles. The highest BCUT2D eigenvalue weighted by Crippen LogP contribution is 2.33. The topological polar surface area (TPSA) is 29.0 Å². The van der Waals surface area contributed by atoms with Gasteiger partial charge in [0.1, 0.15) is 5.82 Å². The molecule has 2 aliphatic rings. The van der Waals surface area contributed by atoms with E-state index in [0.29, 0.717) is 24.3 Å². The summed E-state index contributed by atoms with van der Waals surface area (Å²) < 4.78 is 26.3. The fraction of sp³-hybridized carbons (Fsp3) is 0.733. The lowest BCUT2D eigenvalue weighted by Gasteiger charge is -2.30. The Balaban J connectivity index is 1.71.